The summed E-state index contributed by atoms with van der Waals surface area (Å²) in [6.45, 7) is 0. The zero-order valence-corrected chi connectivity index (χ0v) is 14.7. The van der Waals surface area contributed by atoms with E-state index < -0.39 is 0 Å². The van der Waals surface area contributed by atoms with Crippen molar-refractivity contribution in [1.82, 2.24) is 5.32 Å². The van der Waals surface area contributed by atoms with Crippen molar-refractivity contribution in [2.75, 3.05) is 5.32 Å². The highest BCUT2D eigenvalue weighted by Gasteiger charge is 2.06. The smallest absolute Gasteiger partial charge is 0.314 e. The Kier molecular flexibility index (Phi) is 6.06. The number of rotatable bonds is 5. The lowest BCUT2D eigenvalue weighted by atomic mass is 10.2. The van der Waals surface area contributed by atoms with Gasteiger partial charge >= 0.3 is 6.03 Å². The predicted octanol–water partition coefficient (Wildman–Crippen LogP) is 5.77. The molecule has 0 atom stereocenters. The molecule has 3 nitrogen and oxygen atoms in total. The van der Waals surface area contributed by atoms with Crippen LogP contribution in [0.25, 0.3) is 6.08 Å². The van der Waals surface area contributed by atoms with Gasteiger partial charge in [-0.2, -0.15) is 0 Å². The van der Waals surface area contributed by atoms with Crippen LogP contribution in [0.3, 0.4) is 0 Å². The summed E-state index contributed by atoms with van der Waals surface area (Å²) < 4.78 is 13.1. The van der Waals surface area contributed by atoms with Crippen LogP contribution in [0, 0.1) is 5.82 Å². The van der Waals surface area contributed by atoms with E-state index in [0.717, 1.165) is 15.5 Å². The summed E-state index contributed by atoms with van der Waals surface area (Å²) in [5.41, 5.74) is 1.39. The van der Waals surface area contributed by atoms with Gasteiger partial charge in [-0.1, -0.05) is 54.2 Å². The number of halogens is 1. The normalized spacial score (nSPS) is 10.7. The van der Waals surface area contributed by atoms with Gasteiger partial charge in [0, 0.05) is 16.0 Å². The minimum absolute atomic E-state index is 0.316. The van der Waals surface area contributed by atoms with Crippen LogP contribution in [0.2, 0.25) is 0 Å². The Balaban J connectivity index is 1.62. The molecule has 0 saturated heterocycles. The summed E-state index contributed by atoms with van der Waals surface area (Å²) in [5.74, 6) is -0.316. The molecule has 2 N–H and O–H groups in total. The van der Waals surface area contributed by atoms with Crippen molar-refractivity contribution in [3.05, 3.63) is 96.4 Å². The number of benzene rings is 3. The maximum atomic E-state index is 13.1. The maximum absolute atomic E-state index is 13.1. The molecule has 26 heavy (non-hydrogen) atoms. The van der Waals surface area contributed by atoms with E-state index in [1.165, 1.54) is 18.3 Å². The molecule has 0 bridgehead atoms. The average molecular weight is 364 g/mol. The second-order valence-electron chi connectivity index (χ2n) is 5.40. The van der Waals surface area contributed by atoms with Crippen molar-refractivity contribution in [3.8, 4) is 0 Å². The number of hydrogen-bond donors (Lipinski definition) is 2. The van der Waals surface area contributed by atoms with E-state index in [0.29, 0.717) is 5.56 Å². The summed E-state index contributed by atoms with van der Waals surface area (Å²) in [6, 6.07) is 23.3. The number of carbonyl (C=O) groups is 1. The lowest BCUT2D eigenvalue weighted by molar-refractivity contribution is 0.255. The molecule has 0 saturated carbocycles. The van der Waals surface area contributed by atoms with E-state index in [9.17, 15) is 9.18 Å². The number of carbonyl (C=O) groups excluding carboxylic acids is 1. The fourth-order valence-electron chi connectivity index (χ4n) is 2.26. The Morgan fingerprint density at radius 1 is 0.923 bits per heavy atom. The van der Waals surface area contributed by atoms with Gasteiger partial charge in [0.15, 0.2) is 0 Å². The first-order chi connectivity index (χ1) is 12.7. The van der Waals surface area contributed by atoms with E-state index in [-0.39, 0.29) is 11.8 Å². The van der Waals surface area contributed by atoms with Crippen LogP contribution in [-0.4, -0.2) is 6.03 Å². The molecule has 0 radical (unpaired) electrons. The zero-order chi connectivity index (χ0) is 18.2. The van der Waals surface area contributed by atoms with Crippen molar-refractivity contribution >= 4 is 29.6 Å². The standard InChI is InChI=1S/C21H17FN2OS/c22-17-8-6-7-16(15-17)13-14-23-21(25)24-19-11-4-5-12-20(19)26-18-9-2-1-3-10-18/h1-15H,(H2,23,24,25)/b14-13+. The third-order valence-corrected chi connectivity index (χ3v) is 4.53. The van der Waals surface area contributed by atoms with E-state index in [2.05, 4.69) is 10.6 Å². The van der Waals surface area contributed by atoms with Crippen molar-refractivity contribution in [3.63, 3.8) is 0 Å². The first-order valence-electron chi connectivity index (χ1n) is 8.02. The van der Waals surface area contributed by atoms with Gasteiger partial charge in [-0.15, -0.1) is 0 Å². The summed E-state index contributed by atoms with van der Waals surface area (Å²) in [5, 5.41) is 5.46. The predicted molar refractivity (Wildman–Crippen MR) is 105 cm³/mol. The summed E-state index contributed by atoms with van der Waals surface area (Å²) in [4.78, 5) is 14.2. The Hall–Kier alpha value is -3.05. The van der Waals surface area contributed by atoms with Crippen molar-refractivity contribution in [1.29, 1.82) is 0 Å². The van der Waals surface area contributed by atoms with E-state index >= 15 is 0 Å². The van der Waals surface area contributed by atoms with E-state index in [1.54, 1.807) is 30.0 Å². The minimum atomic E-state index is -0.362. The molecule has 0 aromatic heterocycles. The number of nitrogens with one attached hydrogen (secondary N) is 2. The van der Waals surface area contributed by atoms with Gasteiger partial charge in [-0.05, 0) is 48.0 Å². The molecular weight excluding hydrogens is 347 g/mol. The third-order valence-electron chi connectivity index (χ3n) is 3.45. The second-order valence-corrected chi connectivity index (χ2v) is 6.51. The van der Waals surface area contributed by atoms with Crippen LogP contribution in [0.4, 0.5) is 14.9 Å². The molecule has 0 fully saturated rings. The fourth-order valence-corrected chi connectivity index (χ4v) is 3.18. The molecule has 2 amide bonds. The Morgan fingerprint density at radius 3 is 2.50 bits per heavy atom. The molecule has 130 valence electrons. The number of amides is 2. The molecule has 0 heterocycles. The zero-order valence-electron chi connectivity index (χ0n) is 13.9. The highest BCUT2D eigenvalue weighted by Crippen LogP contribution is 2.33. The van der Waals surface area contributed by atoms with Gasteiger partial charge in [0.25, 0.3) is 0 Å². The average Bonchev–Trinajstić information content (AvgIpc) is 2.64. The first-order valence-corrected chi connectivity index (χ1v) is 8.84. The summed E-state index contributed by atoms with van der Waals surface area (Å²) in [6.07, 6.45) is 3.12. The Labute approximate surface area is 156 Å². The lowest BCUT2D eigenvalue weighted by Crippen LogP contribution is -2.24. The number of anilines is 1. The largest absolute Gasteiger partial charge is 0.323 e. The van der Waals surface area contributed by atoms with Gasteiger partial charge in [0.2, 0.25) is 0 Å². The number of para-hydroxylation sites is 1. The molecule has 0 aliphatic carbocycles. The molecule has 5 heteroatoms. The second kappa shape index (κ2) is 8.87. The number of urea groups is 1. The molecule has 3 rings (SSSR count). The SMILES string of the molecule is O=C(N/C=C/c1cccc(F)c1)Nc1ccccc1Sc1ccccc1. The minimum Gasteiger partial charge on any atom is -0.314 e. The van der Waals surface area contributed by atoms with E-state index in [1.807, 2.05) is 54.6 Å². The van der Waals surface area contributed by atoms with E-state index in [4.69, 9.17) is 0 Å². The summed E-state index contributed by atoms with van der Waals surface area (Å²) in [7, 11) is 0. The van der Waals surface area contributed by atoms with Gasteiger partial charge < -0.3 is 10.6 Å². The topological polar surface area (TPSA) is 41.1 Å². The quantitative estimate of drug-likeness (QED) is 0.603. The Morgan fingerprint density at radius 2 is 1.69 bits per heavy atom. The third kappa shape index (κ3) is 5.22. The monoisotopic (exact) mass is 364 g/mol. The van der Waals surface area contributed by atoms with Crippen LogP contribution < -0.4 is 10.6 Å². The molecule has 0 unspecified atom stereocenters. The van der Waals surface area contributed by atoms with Gasteiger partial charge in [-0.25, -0.2) is 9.18 Å². The molecule has 3 aromatic rings. The molecule has 0 spiro atoms. The van der Waals surface area contributed by atoms with Gasteiger partial charge in [0.05, 0.1) is 5.69 Å². The van der Waals surface area contributed by atoms with Crippen molar-refractivity contribution < 1.29 is 9.18 Å². The summed E-state index contributed by atoms with van der Waals surface area (Å²) >= 11 is 1.58. The van der Waals surface area contributed by atoms with Crippen LogP contribution in [-0.2, 0) is 0 Å². The van der Waals surface area contributed by atoms with Crippen LogP contribution in [0.15, 0.2) is 94.9 Å². The van der Waals surface area contributed by atoms with Crippen LogP contribution in [0.1, 0.15) is 5.56 Å². The van der Waals surface area contributed by atoms with Gasteiger partial charge in [0.1, 0.15) is 5.82 Å². The first kappa shape index (κ1) is 17.8. The fraction of sp³-hybridized carbons (Fsp3) is 0. The maximum Gasteiger partial charge on any atom is 0.323 e. The van der Waals surface area contributed by atoms with Crippen molar-refractivity contribution in [2.45, 2.75) is 9.79 Å². The molecule has 0 aliphatic heterocycles. The highest BCUT2D eigenvalue weighted by atomic mass is 32.2. The highest BCUT2D eigenvalue weighted by molar-refractivity contribution is 7.99. The molecule has 3 aromatic carbocycles. The Bertz CT molecular complexity index is 913. The lowest BCUT2D eigenvalue weighted by Gasteiger charge is -2.10. The van der Waals surface area contributed by atoms with Crippen LogP contribution >= 0.6 is 11.8 Å². The van der Waals surface area contributed by atoms with Gasteiger partial charge in [-0.3, -0.25) is 0 Å². The number of hydrogen-bond acceptors (Lipinski definition) is 2. The van der Waals surface area contributed by atoms with Crippen molar-refractivity contribution in [2.24, 2.45) is 0 Å². The van der Waals surface area contributed by atoms with Crippen LogP contribution in [0.5, 0.6) is 0 Å². The molecule has 0 aliphatic rings. The molecular formula is C21H17FN2OS.